The maximum absolute atomic E-state index is 5.66. The molecule has 0 saturated heterocycles. The number of nitrogens with two attached hydrogens (primary N) is 1. The number of H-pyrrole nitrogens is 1. The van der Waals surface area contributed by atoms with Crippen molar-refractivity contribution in [2.24, 2.45) is 0 Å². The Labute approximate surface area is 109 Å². The lowest BCUT2D eigenvalue weighted by Gasteiger charge is -2.02. The van der Waals surface area contributed by atoms with Crippen LogP contribution >= 0.6 is 11.8 Å². The summed E-state index contributed by atoms with van der Waals surface area (Å²) in [6.45, 7) is 0. The molecule has 3 rings (SSSR count). The van der Waals surface area contributed by atoms with Gasteiger partial charge in [0, 0.05) is 10.5 Å². The molecule has 4 nitrogen and oxygen atoms in total. The Morgan fingerprint density at radius 3 is 2.78 bits per heavy atom. The summed E-state index contributed by atoms with van der Waals surface area (Å²) in [7, 11) is 0. The Morgan fingerprint density at radius 2 is 1.94 bits per heavy atom. The van der Waals surface area contributed by atoms with E-state index in [-0.39, 0.29) is 0 Å². The fourth-order valence-electron chi connectivity index (χ4n) is 1.88. The summed E-state index contributed by atoms with van der Waals surface area (Å²) >= 11 is 1.70. The van der Waals surface area contributed by atoms with Crippen molar-refractivity contribution in [3.63, 3.8) is 0 Å². The van der Waals surface area contributed by atoms with Crippen LogP contribution in [0, 0.1) is 0 Å². The standard InChI is InChI=1S/C13H12N4S/c1-18-10-5-3-2-4-8(10)12-15-9-6-7-11(14)16-13(9)17-12/h2-7H,1H3,(H3,14,15,16,17). The van der Waals surface area contributed by atoms with E-state index in [1.54, 1.807) is 17.8 Å². The van der Waals surface area contributed by atoms with Crippen molar-refractivity contribution in [3.8, 4) is 11.4 Å². The molecular weight excluding hydrogens is 244 g/mol. The SMILES string of the molecule is CSc1ccccc1-c1nc2nc(N)ccc2[nH]1. The highest BCUT2D eigenvalue weighted by Gasteiger charge is 2.09. The average molecular weight is 256 g/mol. The third kappa shape index (κ3) is 1.82. The van der Waals surface area contributed by atoms with Crippen LogP contribution < -0.4 is 5.73 Å². The molecule has 0 aliphatic carbocycles. The van der Waals surface area contributed by atoms with Crippen molar-refractivity contribution in [2.45, 2.75) is 4.90 Å². The van der Waals surface area contributed by atoms with Crippen LogP contribution in [0.3, 0.4) is 0 Å². The van der Waals surface area contributed by atoms with Crippen molar-refractivity contribution in [1.29, 1.82) is 0 Å². The quantitative estimate of drug-likeness (QED) is 0.692. The Balaban J connectivity index is 2.19. The molecule has 18 heavy (non-hydrogen) atoms. The molecule has 0 fully saturated rings. The number of fused-ring (bicyclic) bond motifs is 1. The first kappa shape index (κ1) is 11.1. The molecule has 0 atom stereocenters. The maximum atomic E-state index is 5.66. The van der Waals surface area contributed by atoms with E-state index in [1.807, 2.05) is 24.3 Å². The van der Waals surface area contributed by atoms with E-state index in [0.717, 1.165) is 16.9 Å². The van der Waals surface area contributed by atoms with E-state index in [2.05, 4.69) is 27.3 Å². The van der Waals surface area contributed by atoms with Gasteiger partial charge in [-0.3, -0.25) is 0 Å². The van der Waals surface area contributed by atoms with Crippen LogP contribution in [0.2, 0.25) is 0 Å². The van der Waals surface area contributed by atoms with Crippen molar-refractivity contribution < 1.29 is 0 Å². The number of benzene rings is 1. The zero-order valence-corrected chi connectivity index (χ0v) is 10.7. The van der Waals surface area contributed by atoms with E-state index in [0.29, 0.717) is 11.5 Å². The number of thioether (sulfide) groups is 1. The second kappa shape index (κ2) is 4.34. The lowest BCUT2D eigenvalue weighted by Crippen LogP contribution is -1.88. The number of nitrogen functional groups attached to an aromatic ring is 1. The van der Waals surface area contributed by atoms with Gasteiger partial charge in [-0.15, -0.1) is 11.8 Å². The molecule has 2 aromatic heterocycles. The van der Waals surface area contributed by atoms with Crippen LogP contribution in [0.25, 0.3) is 22.6 Å². The second-order valence-corrected chi connectivity index (χ2v) is 4.74. The first-order chi connectivity index (χ1) is 8.78. The van der Waals surface area contributed by atoms with E-state index in [4.69, 9.17) is 5.73 Å². The second-order valence-electron chi connectivity index (χ2n) is 3.89. The molecule has 0 amide bonds. The zero-order valence-electron chi connectivity index (χ0n) is 9.84. The third-order valence-electron chi connectivity index (χ3n) is 2.73. The average Bonchev–Trinajstić information content (AvgIpc) is 2.81. The maximum Gasteiger partial charge on any atom is 0.180 e. The topological polar surface area (TPSA) is 67.6 Å². The largest absolute Gasteiger partial charge is 0.384 e. The van der Waals surface area contributed by atoms with Crippen molar-refractivity contribution in [1.82, 2.24) is 15.0 Å². The van der Waals surface area contributed by atoms with Gasteiger partial charge < -0.3 is 10.7 Å². The molecule has 1 aromatic carbocycles. The van der Waals surface area contributed by atoms with Crippen molar-refractivity contribution >= 4 is 28.7 Å². The number of anilines is 1. The number of nitrogens with one attached hydrogen (secondary N) is 1. The minimum Gasteiger partial charge on any atom is -0.384 e. The molecule has 90 valence electrons. The summed E-state index contributed by atoms with van der Waals surface area (Å²) in [5.41, 5.74) is 8.30. The van der Waals surface area contributed by atoms with Crippen LogP contribution in [0.1, 0.15) is 0 Å². The highest BCUT2D eigenvalue weighted by Crippen LogP contribution is 2.29. The molecule has 0 saturated carbocycles. The predicted molar refractivity (Wildman–Crippen MR) is 75.5 cm³/mol. The van der Waals surface area contributed by atoms with Crippen LogP contribution in [0.5, 0.6) is 0 Å². The Morgan fingerprint density at radius 1 is 1.11 bits per heavy atom. The smallest absolute Gasteiger partial charge is 0.180 e. The first-order valence-electron chi connectivity index (χ1n) is 5.53. The zero-order chi connectivity index (χ0) is 12.5. The molecule has 0 spiro atoms. The number of aromatic nitrogens is 3. The summed E-state index contributed by atoms with van der Waals surface area (Å²) in [4.78, 5) is 13.2. The summed E-state index contributed by atoms with van der Waals surface area (Å²) in [6, 6.07) is 11.8. The summed E-state index contributed by atoms with van der Waals surface area (Å²) in [5.74, 6) is 1.31. The van der Waals surface area contributed by atoms with Gasteiger partial charge in [0.1, 0.15) is 11.6 Å². The number of pyridine rings is 1. The normalized spacial score (nSPS) is 10.9. The van der Waals surface area contributed by atoms with Gasteiger partial charge in [0.2, 0.25) is 0 Å². The molecule has 0 bridgehead atoms. The molecule has 2 heterocycles. The molecule has 0 radical (unpaired) electrons. The Bertz CT molecular complexity index is 705. The minimum absolute atomic E-state index is 0.485. The minimum atomic E-state index is 0.485. The number of imidazole rings is 1. The van der Waals surface area contributed by atoms with E-state index in [1.165, 1.54) is 4.90 Å². The number of rotatable bonds is 2. The lowest BCUT2D eigenvalue weighted by atomic mass is 10.2. The van der Waals surface area contributed by atoms with Gasteiger partial charge in [-0.25, -0.2) is 9.97 Å². The molecule has 0 unspecified atom stereocenters. The van der Waals surface area contributed by atoms with Gasteiger partial charge in [-0.2, -0.15) is 0 Å². The molecule has 3 aromatic rings. The van der Waals surface area contributed by atoms with Crippen LogP contribution in [0.4, 0.5) is 5.82 Å². The number of aromatic amines is 1. The van der Waals surface area contributed by atoms with E-state index in [9.17, 15) is 0 Å². The molecule has 5 heteroatoms. The van der Waals surface area contributed by atoms with Gasteiger partial charge in [-0.1, -0.05) is 18.2 Å². The van der Waals surface area contributed by atoms with Crippen molar-refractivity contribution in [3.05, 3.63) is 36.4 Å². The monoisotopic (exact) mass is 256 g/mol. The summed E-state index contributed by atoms with van der Waals surface area (Å²) in [5, 5.41) is 0. The van der Waals surface area contributed by atoms with Crippen LogP contribution in [-0.2, 0) is 0 Å². The molecule has 0 aliphatic heterocycles. The molecular formula is C13H12N4S. The fraction of sp³-hybridized carbons (Fsp3) is 0.0769. The Hall–Kier alpha value is -2.01. The lowest BCUT2D eigenvalue weighted by molar-refractivity contribution is 1.27. The summed E-state index contributed by atoms with van der Waals surface area (Å²) in [6.07, 6.45) is 2.05. The highest BCUT2D eigenvalue weighted by molar-refractivity contribution is 7.98. The van der Waals surface area contributed by atoms with Gasteiger partial charge in [-0.05, 0) is 24.5 Å². The van der Waals surface area contributed by atoms with Gasteiger partial charge in [0.15, 0.2) is 5.65 Å². The van der Waals surface area contributed by atoms with E-state index >= 15 is 0 Å². The number of hydrogen-bond acceptors (Lipinski definition) is 4. The number of nitrogens with zero attached hydrogens (tertiary/aromatic N) is 2. The molecule has 3 N–H and O–H groups in total. The van der Waals surface area contributed by atoms with Crippen molar-refractivity contribution in [2.75, 3.05) is 12.0 Å². The first-order valence-corrected chi connectivity index (χ1v) is 6.76. The van der Waals surface area contributed by atoms with Crippen LogP contribution in [-0.4, -0.2) is 21.2 Å². The molecule has 0 aliphatic rings. The predicted octanol–water partition coefficient (Wildman–Crippen LogP) is 2.93. The Kier molecular flexibility index (Phi) is 2.68. The van der Waals surface area contributed by atoms with Gasteiger partial charge in [0.25, 0.3) is 0 Å². The van der Waals surface area contributed by atoms with Gasteiger partial charge >= 0.3 is 0 Å². The highest BCUT2D eigenvalue weighted by atomic mass is 32.2. The third-order valence-corrected chi connectivity index (χ3v) is 3.53. The number of hydrogen-bond donors (Lipinski definition) is 2. The van der Waals surface area contributed by atoms with Gasteiger partial charge in [0.05, 0.1) is 5.52 Å². The fourth-order valence-corrected chi connectivity index (χ4v) is 2.47. The van der Waals surface area contributed by atoms with E-state index < -0.39 is 0 Å². The van der Waals surface area contributed by atoms with Crippen LogP contribution in [0.15, 0.2) is 41.3 Å². The summed E-state index contributed by atoms with van der Waals surface area (Å²) < 4.78 is 0.